The number of hydrogen-bond donors (Lipinski definition) is 3. The highest BCUT2D eigenvalue weighted by atomic mass is 16.2. The molecule has 0 saturated carbocycles. The molecule has 6 amide bonds. The molecule has 0 bridgehead atoms. The third-order valence-electron chi connectivity index (χ3n) is 14.3. The number of hydrogen-bond acceptors (Lipinski definition) is 15. The normalized spacial score (nSPS) is 19.7. The van der Waals surface area contributed by atoms with Crippen molar-refractivity contribution in [1.29, 1.82) is 0 Å². The van der Waals surface area contributed by atoms with Crippen molar-refractivity contribution >= 4 is 52.8 Å². The van der Waals surface area contributed by atoms with Crippen LogP contribution < -0.4 is 25.8 Å². The molecular weight excluding hydrogens is 893 g/mol. The van der Waals surface area contributed by atoms with E-state index in [0.717, 1.165) is 106 Å². The number of amides is 6. The van der Waals surface area contributed by atoms with Gasteiger partial charge in [0.05, 0.1) is 35.5 Å². The summed E-state index contributed by atoms with van der Waals surface area (Å²) in [6.07, 6.45) is 7.51. The van der Waals surface area contributed by atoms with Crippen LogP contribution in [0.4, 0.5) is 17.3 Å². The third-order valence-corrected chi connectivity index (χ3v) is 14.3. The Labute approximate surface area is 408 Å². The maximum absolute atomic E-state index is 14.2. The first-order valence-electron chi connectivity index (χ1n) is 24.9. The fraction of sp³-hybridized carbons (Fsp3) is 0.520. The van der Waals surface area contributed by atoms with Crippen molar-refractivity contribution in [3.05, 3.63) is 76.7 Å². The molecule has 9 rings (SSSR count). The Bertz CT molecular complexity index is 2630. The summed E-state index contributed by atoms with van der Waals surface area (Å²) < 4.78 is 1.93. The van der Waals surface area contributed by atoms with Crippen LogP contribution in [0.15, 0.2) is 48.8 Å². The highest BCUT2D eigenvalue weighted by Crippen LogP contribution is 2.35. The molecule has 70 heavy (non-hydrogen) atoms. The number of imide groups is 2. The summed E-state index contributed by atoms with van der Waals surface area (Å²) in [4.78, 5) is 99.8. The molecule has 5 aliphatic rings. The summed E-state index contributed by atoms with van der Waals surface area (Å²) in [6, 6.07) is 12.1. The Hall–Kier alpha value is -6.64. The number of carbonyl (C=O) groups is 6. The van der Waals surface area contributed by atoms with Gasteiger partial charge in [-0.25, -0.2) is 9.97 Å². The van der Waals surface area contributed by atoms with Crippen LogP contribution in [0.2, 0.25) is 0 Å². The number of rotatable bonds is 20. The summed E-state index contributed by atoms with van der Waals surface area (Å²) in [6.45, 7) is 13.7. The largest absolute Gasteiger partial charge is 0.384 e. The van der Waals surface area contributed by atoms with Crippen molar-refractivity contribution in [2.45, 2.75) is 96.9 Å². The lowest BCUT2D eigenvalue weighted by Gasteiger charge is -2.34. The first kappa shape index (κ1) is 48.4. The Morgan fingerprint density at radius 1 is 0.857 bits per heavy atom. The van der Waals surface area contributed by atoms with E-state index in [0.29, 0.717) is 73.9 Å². The minimum atomic E-state index is -1.01. The number of nitrogens with zero attached hydrogens (tertiary/aromatic N) is 11. The number of piperazine rings is 1. The van der Waals surface area contributed by atoms with Crippen LogP contribution in [-0.2, 0) is 34.0 Å². The minimum Gasteiger partial charge on any atom is -0.384 e. The van der Waals surface area contributed by atoms with Gasteiger partial charge in [0, 0.05) is 82.6 Å². The molecule has 5 aliphatic heterocycles. The van der Waals surface area contributed by atoms with Gasteiger partial charge in [-0.15, -0.1) is 10.2 Å². The molecule has 2 atom stereocenters. The maximum Gasteiger partial charge on any atom is 0.264 e. The second kappa shape index (κ2) is 21.6. The van der Waals surface area contributed by atoms with Gasteiger partial charge in [0.2, 0.25) is 17.7 Å². The number of nitrogens with one attached hydrogen (secondary N) is 3. The molecule has 8 heterocycles. The van der Waals surface area contributed by atoms with Crippen molar-refractivity contribution in [3.8, 4) is 11.5 Å². The van der Waals surface area contributed by atoms with Gasteiger partial charge in [-0.2, -0.15) is 0 Å². The molecular formula is C50H64N14O6. The van der Waals surface area contributed by atoms with Crippen molar-refractivity contribution < 1.29 is 28.8 Å². The zero-order chi connectivity index (χ0) is 48.9. The molecule has 0 spiro atoms. The molecule has 3 saturated heterocycles. The SMILES string of the molecule is CCn1cnnc1-c1cccc(N2Cc3c(cc(N4CCC[C@H]4C)nc3CN(C)CCCN3CCN(CC(=O)NCCCCCNc4cccc5c4C(=O)N(C4CCC(=O)NC4=O)C5=O)CC3)C2=O)n1. The summed E-state index contributed by atoms with van der Waals surface area (Å²) >= 11 is 0. The molecule has 3 fully saturated rings. The first-order chi connectivity index (χ1) is 34.0. The van der Waals surface area contributed by atoms with Gasteiger partial charge in [-0.1, -0.05) is 12.1 Å². The summed E-state index contributed by atoms with van der Waals surface area (Å²) in [5.41, 5.74) is 4.29. The van der Waals surface area contributed by atoms with Gasteiger partial charge in [0.1, 0.15) is 29.7 Å². The van der Waals surface area contributed by atoms with Crippen molar-refractivity contribution in [2.75, 3.05) is 87.6 Å². The fourth-order valence-electron chi connectivity index (χ4n) is 10.3. The average molecular weight is 957 g/mol. The van der Waals surface area contributed by atoms with Crippen LogP contribution in [0.25, 0.3) is 11.5 Å². The van der Waals surface area contributed by atoms with E-state index < -0.39 is 29.7 Å². The zero-order valence-electron chi connectivity index (χ0n) is 40.5. The monoisotopic (exact) mass is 957 g/mol. The molecule has 0 aliphatic carbocycles. The number of benzene rings is 1. The topological polar surface area (TPSA) is 214 Å². The molecule has 3 aromatic heterocycles. The van der Waals surface area contributed by atoms with E-state index in [1.165, 1.54) is 0 Å². The van der Waals surface area contributed by atoms with Crippen LogP contribution in [0.1, 0.15) is 108 Å². The molecule has 3 N–H and O–H groups in total. The van der Waals surface area contributed by atoms with Gasteiger partial charge in [0.15, 0.2) is 5.82 Å². The third kappa shape index (κ3) is 10.4. The van der Waals surface area contributed by atoms with Crippen molar-refractivity contribution in [1.82, 2.24) is 55.0 Å². The number of carbonyl (C=O) groups excluding carboxylic acids is 6. The molecule has 4 aromatic rings. The second-order valence-corrected chi connectivity index (χ2v) is 19.1. The van der Waals surface area contributed by atoms with Gasteiger partial charge in [0.25, 0.3) is 17.7 Å². The lowest BCUT2D eigenvalue weighted by molar-refractivity contribution is -0.136. The summed E-state index contributed by atoms with van der Waals surface area (Å²) in [7, 11) is 2.13. The van der Waals surface area contributed by atoms with Crippen molar-refractivity contribution in [3.63, 3.8) is 0 Å². The molecule has 370 valence electrons. The Balaban J connectivity index is 0.685. The minimum absolute atomic E-state index is 0.0206. The average Bonchev–Trinajstić information content (AvgIpc) is 4.15. The standard InChI is InChI=1S/C50H64N14O6/c1-4-61-32-53-57-46(61)38-15-9-16-41(54-38)63-29-36-35(48(63)68)28-42(62-23-10-12-33(62)2)55-39(36)30-58(3)21-11-22-59-24-26-60(27-25-59)31-44(66)52-20-7-5-6-19-51-37-14-8-13-34-45(37)50(70)64(49(34)69)40-17-18-43(65)56-47(40)67/h8-9,13-16,28,32-33,40,51H,4-7,10-12,17-27,29-31H2,1-3H3,(H,52,66)(H,56,65,67)/t33-,40?/m1/s1. The quantitative estimate of drug-likeness (QED) is 0.0858. The van der Waals surface area contributed by atoms with E-state index in [4.69, 9.17) is 9.97 Å². The highest BCUT2D eigenvalue weighted by Gasteiger charge is 2.45. The number of fused-ring (bicyclic) bond motifs is 2. The van der Waals surface area contributed by atoms with E-state index in [1.807, 2.05) is 35.8 Å². The van der Waals surface area contributed by atoms with E-state index in [2.05, 4.69) is 59.7 Å². The first-order valence-corrected chi connectivity index (χ1v) is 24.9. The zero-order valence-corrected chi connectivity index (χ0v) is 40.5. The highest BCUT2D eigenvalue weighted by molar-refractivity contribution is 6.25. The van der Waals surface area contributed by atoms with Gasteiger partial charge in [-0.05, 0) is 109 Å². The lowest BCUT2D eigenvalue weighted by Crippen LogP contribution is -2.54. The van der Waals surface area contributed by atoms with E-state index in [-0.39, 0.29) is 35.8 Å². The van der Waals surface area contributed by atoms with Crippen LogP contribution in [-0.4, -0.2) is 164 Å². The number of aromatic nitrogens is 5. The number of aryl methyl sites for hydroxylation is 1. The Morgan fingerprint density at radius 3 is 2.44 bits per heavy atom. The number of unbranched alkanes of at least 4 members (excludes halogenated alkanes) is 2. The molecule has 1 unspecified atom stereocenters. The van der Waals surface area contributed by atoms with Crippen LogP contribution in [0, 0.1) is 0 Å². The van der Waals surface area contributed by atoms with E-state index in [9.17, 15) is 28.8 Å². The smallest absolute Gasteiger partial charge is 0.264 e. The second-order valence-electron chi connectivity index (χ2n) is 19.1. The predicted octanol–water partition coefficient (Wildman–Crippen LogP) is 3.14. The summed E-state index contributed by atoms with van der Waals surface area (Å²) in [5, 5.41) is 16.9. The molecule has 0 radical (unpaired) electrons. The van der Waals surface area contributed by atoms with E-state index in [1.54, 1.807) is 29.4 Å². The van der Waals surface area contributed by atoms with E-state index >= 15 is 0 Å². The van der Waals surface area contributed by atoms with Gasteiger partial charge < -0.3 is 29.9 Å². The van der Waals surface area contributed by atoms with Crippen LogP contribution >= 0.6 is 0 Å². The van der Waals surface area contributed by atoms with Crippen molar-refractivity contribution in [2.24, 2.45) is 0 Å². The Kier molecular flexibility index (Phi) is 14.9. The lowest BCUT2D eigenvalue weighted by atomic mass is 10.0. The number of anilines is 3. The van der Waals surface area contributed by atoms with Gasteiger partial charge in [-0.3, -0.25) is 48.8 Å². The number of pyridine rings is 2. The molecule has 20 nitrogen and oxygen atoms in total. The fourth-order valence-corrected chi connectivity index (χ4v) is 10.3. The van der Waals surface area contributed by atoms with Crippen LogP contribution in [0.5, 0.6) is 0 Å². The summed E-state index contributed by atoms with van der Waals surface area (Å²) in [5.74, 6) is -0.0320. The maximum atomic E-state index is 14.2. The molecule has 20 heteroatoms. The Morgan fingerprint density at radius 2 is 1.66 bits per heavy atom. The van der Waals surface area contributed by atoms with Gasteiger partial charge >= 0.3 is 0 Å². The molecule has 1 aromatic carbocycles. The number of piperidine rings is 1. The van der Waals surface area contributed by atoms with Crippen LogP contribution in [0.3, 0.4) is 0 Å². The predicted molar refractivity (Wildman–Crippen MR) is 262 cm³/mol.